The number of rotatable bonds is 1. The van der Waals surface area contributed by atoms with Gasteiger partial charge in [-0.05, 0) is 24.3 Å². The second-order valence-corrected chi connectivity index (χ2v) is 2.77. The van der Waals surface area contributed by atoms with Gasteiger partial charge in [-0.3, -0.25) is 0 Å². The predicted octanol–water partition coefficient (Wildman–Crippen LogP) is 1.99. The first kappa shape index (κ1) is 8.62. The average Bonchev–Trinajstić information content (AvgIpc) is 2.21. The fourth-order valence-corrected chi connectivity index (χ4v) is 1.07. The Bertz CT molecular complexity index is 381. The highest BCUT2D eigenvalue weighted by Gasteiger charge is 2.00. The predicted molar refractivity (Wildman–Crippen MR) is 49.1 cm³/mol. The van der Waals surface area contributed by atoms with Gasteiger partial charge in [0.15, 0.2) is 11.6 Å². The van der Waals surface area contributed by atoms with Gasteiger partial charge in [-0.15, -0.1) is 0 Å². The van der Waals surface area contributed by atoms with Crippen LogP contribution in [0.5, 0.6) is 5.75 Å². The molecule has 0 spiro atoms. The molecule has 1 aromatic heterocycles. The molecule has 14 heavy (non-hydrogen) atoms. The number of aromatic hydroxyl groups is 1. The Hall–Kier alpha value is -1.97. The highest BCUT2D eigenvalue weighted by Crippen LogP contribution is 2.15. The minimum Gasteiger partial charge on any atom is -0.505 e. The molecule has 2 rings (SSSR count). The minimum atomic E-state index is -0.299. The number of hydrogen-bond acceptors (Lipinski definition) is 3. The molecule has 4 heteroatoms. The number of nitrogens with zero attached hydrogens (tertiary/aromatic N) is 2. The standard InChI is InChI=1S/C10H7FN2O/c11-8-3-1-7(2-4-8)10-12-5-9(14)6-13-10/h1-6,14H. The molecule has 0 fully saturated rings. The largest absolute Gasteiger partial charge is 0.505 e. The highest BCUT2D eigenvalue weighted by atomic mass is 19.1. The molecule has 3 nitrogen and oxygen atoms in total. The summed E-state index contributed by atoms with van der Waals surface area (Å²) < 4.78 is 12.6. The third-order valence-electron chi connectivity index (χ3n) is 1.74. The average molecular weight is 190 g/mol. The van der Waals surface area contributed by atoms with Crippen LogP contribution in [0.1, 0.15) is 0 Å². The van der Waals surface area contributed by atoms with Gasteiger partial charge >= 0.3 is 0 Å². The summed E-state index contributed by atoms with van der Waals surface area (Å²) in [5.74, 6) is 0.172. The lowest BCUT2D eigenvalue weighted by atomic mass is 10.2. The van der Waals surface area contributed by atoms with Gasteiger partial charge in [0.2, 0.25) is 0 Å². The zero-order valence-electron chi connectivity index (χ0n) is 7.18. The van der Waals surface area contributed by atoms with E-state index < -0.39 is 0 Å². The van der Waals surface area contributed by atoms with E-state index in [0.717, 1.165) is 0 Å². The van der Waals surface area contributed by atoms with Gasteiger partial charge in [0, 0.05) is 5.56 Å². The molecule has 0 amide bonds. The topological polar surface area (TPSA) is 46.0 Å². The summed E-state index contributed by atoms with van der Waals surface area (Å²) in [7, 11) is 0. The van der Waals surface area contributed by atoms with Gasteiger partial charge in [-0.25, -0.2) is 14.4 Å². The van der Waals surface area contributed by atoms with Crippen molar-refractivity contribution in [2.75, 3.05) is 0 Å². The van der Waals surface area contributed by atoms with Crippen LogP contribution in [0, 0.1) is 5.82 Å². The summed E-state index contributed by atoms with van der Waals surface area (Å²) in [5, 5.41) is 8.96. The van der Waals surface area contributed by atoms with Gasteiger partial charge < -0.3 is 5.11 Å². The Kier molecular flexibility index (Phi) is 2.10. The molecule has 0 bridgehead atoms. The minimum absolute atomic E-state index is 0.0101. The number of benzene rings is 1. The fourth-order valence-electron chi connectivity index (χ4n) is 1.07. The van der Waals surface area contributed by atoms with Crippen LogP contribution in [0.15, 0.2) is 36.7 Å². The molecule has 1 heterocycles. The molecule has 0 saturated heterocycles. The molecule has 0 unspecified atom stereocenters. The van der Waals surface area contributed by atoms with E-state index in [4.69, 9.17) is 5.11 Å². The molecule has 2 aromatic rings. The molecule has 0 radical (unpaired) electrons. The molecule has 0 aliphatic heterocycles. The second-order valence-electron chi connectivity index (χ2n) is 2.77. The summed E-state index contributed by atoms with van der Waals surface area (Å²) in [4.78, 5) is 7.79. The van der Waals surface area contributed by atoms with Crippen molar-refractivity contribution in [3.8, 4) is 17.1 Å². The smallest absolute Gasteiger partial charge is 0.159 e. The zero-order chi connectivity index (χ0) is 9.97. The number of halogens is 1. The van der Waals surface area contributed by atoms with Crippen molar-refractivity contribution in [2.45, 2.75) is 0 Å². The Morgan fingerprint density at radius 1 is 1.00 bits per heavy atom. The molecule has 70 valence electrons. The van der Waals surface area contributed by atoms with Crippen molar-refractivity contribution in [1.82, 2.24) is 9.97 Å². The highest BCUT2D eigenvalue weighted by molar-refractivity contribution is 5.54. The van der Waals surface area contributed by atoms with E-state index in [1.807, 2.05) is 0 Å². The normalized spacial score (nSPS) is 10.1. The van der Waals surface area contributed by atoms with Crippen molar-refractivity contribution in [1.29, 1.82) is 0 Å². The van der Waals surface area contributed by atoms with Gasteiger partial charge in [-0.2, -0.15) is 0 Å². The lowest BCUT2D eigenvalue weighted by molar-refractivity contribution is 0.470. The van der Waals surface area contributed by atoms with E-state index in [9.17, 15) is 4.39 Å². The molecule has 1 N–H and O–H groups in total. The Morgan fingerprint density at radius 2 is 1.57 bits per heavy atom. The summed E-state index contributed by atoms with van der Waals surface area (Å²) in [6, 6.07) is 5.85. The first-order valence-corrected chi connectivity index (χ1v) is 4.02. The van der Waals surface area contributed by atoms with Crippen LogP contribution in [0.2, 0.25) is 0 Å². The lowest BCUT2D eigenvalue weighted by Gasteiger charge is -1.98. The molecule has 1 aromatic carbocycles. The van der Waals surface area contributed by atoms with Gasteiger partial charge in [0.05, 0.1) is 12.4 Å². The van der Waals surface area contributed by atoms with E-state index in [0.29, 0.717) is 11.4 Å². The number of hydrogen-bond donors (Lipinski definition) is 1. The van der Waals surface area contributed by atoms with Crippen LogP contribution in [0.4, 0.5) is 4.39 Å². The molecular formula is C10H7FN2O. The van der Waals surface area contributed by atoms with Crippen molar-refractivity contribution in [3.05, 3.63) is 42.5 Å². The third kappa shape index (κ3) is 1.69. The maximum Gasteiger partial charge on any atom is 0.159 e. The molecular weight excluding hydrogens is 183 g/mol. The van der Waals surface area contributed by atoms with E-state index in [2.05, 4.69) is 9.97 Å². The fraction of sp³-hybridized carbons (Fsp3) is 0. The lowest BCUT2D eigenvalue weighted by Crippen LogP contribution is -1.87. The zero-order valence-corrected chi connectivity index (χ0v) is 7.18. The van der Waals surface area contributed by atoms with Crippen molar-refractivity contribution in [2.24, 2.45) is 0 Å². The first-order chi connectivity index (χ1) is 6.75. The summed E-state index contributed by atoms with van der Waals surface area (Å²) >= 11 is 0. The summed E-state index contributed by atoms with van der Waals surface area (Å²) in [6.45, 7) is 0. The van der Waals surface area contributed by atoms with E-state index >= 15 is 0 Å². The van der Waals surface area contributed by atoms with E-state index in [1.165, 1.54) is 24.5 Å². The van der Waals surface area contributed by atoms with E-state index in [1.54, 1.807) is 12.1 Å². The van der Waals surface area contributed by atoms with Gasteiger partial charge in [0.1, 0.15) is 5.82 Å². The SMILES string of the molecule is Oc1cnc(-c2ccc(F)cc2)nc1. The number of aromatic nitrogens is 2. The molecule has 0 atom stereocenters. The van der Waals surface area contributed by atoms with Crippen LogP contribution in [-0.2, 0) is 0 Å². The van der Waals surface area contributed by atoms with Gasteiger partial charge in [-0.1, -0.05) is 0 Å². The second kappa shape index (κ2) is 3.41. The van der Waals surface area contributed by atoms with Gasteiger partial charge in [0.25, 0.3) is 0 Å². The first-order valence-electron chi connectivity index (χ1n) is 4.02. The molecule has 0 saturated carbocycles. The maximum atomic E-state index is 12.6. The van der Waals surface area contributed by atoms with Crippen LogP contribution >= 0.6 is 0 Å². The quantitative estimate of drug-likeness (QED) is 0.747. The van der Waals surface area contributed by atoms with Crippen LogP contribution in [-0.4, -0.2) is 15.1 Å². The molecule has 0 aliphatic rings. The van der Waals surface area contributed by atoms with Crippen molar-refractivity contribution >= 4 is 0 Å². The third-order valence-corrected chi connectivity index (χ3v) is 1.74. The Balaban J connectivity index is 2.40. The Morgan fingerprint density at radius 3 is 2.14 bits per heavy atom. The van der Waals surface area contributed by atoms with Crippen LogP contribution < -0.4 is 0 Å². The molecule has 0 aliphatic carbocycles. The summed E-state index contributed by atoms with van der Waals surface area (Å²) in [6.07, 6.45) is 2.59. The van der Waals surface area contributed by atoms with E-state index in [-0.39, 0.29) is 11.6 Å². The maximum absolute atomic E-state index is 12.6. The van der Waals surface area contributed by atoms with Crippen molar-refractivity contribution in [3.63, 3.8) is 0 Å². The van der Waals surface area contributed by atoms with Crippen molar-refractivity contribution < 1.29 is 9.50 Å². The Labute approximate surface area is 79.9 Å². The monoisotopic (exact) mass is 190 g/mol. The summed E-state index contributed by atoms with van der Waals surface area (Å²) in [5.41, 5.74) is 0.714. The van der Waals surface area contributed by atoms with Crippen LogP contribution in [0.3, 0.4) is 0 Å². The van der Waals surface area contributed by atoms with Crippen LogP contribution in [0.25, 0.3) is 11.4 Å².